The first-order chi connectivity index (χ1) is 14.3. The van der Waals surface area contributed by atoms with Crippen molar-refractivity contribution in [1.82, 2.24) is 10.3 Å². The molecule has 0 bridgehead atoms. The molecule has 0 aliphatic rings. The molecule has 2 aromatic heterocycles. The van der Waals surface area contributed by atoms with Crippen LogP contribution in [0.25, 0.3) is 22.5 Å². The second-order valence-corrected chi connectivity index (χ2v) is 7.53. The molecule has 154 valence electrons. The summed E-state index contributed by atoms with van der Waals surface area (Å²) in [4.78, 5) is 0. The van der Waals surface area contributed by atoms with Crippen molar-refractivity contribution >= 4 is 23.2 Å². The van der Waals surface area contributed by atoms with Crippen molar-refractivity contribution in [3.63, 3.8) is 0 Å². The monoisotopic (exact) mass is 450 g/mol. The maximum Gasteiger partial charge on any atom is 0.140 e. The minimum Gasteiger partial charge on any atom is -0.383 e. The summed E-state index contributed by atoms with van der Waals surface area (Å²) < 4.78 is 39.5. The number of aliphatic hydroxyl groups excluding tert-OH is 1. The van der Waals surface area contributed by atoms with Crippen LogP contribution in [-0.2, 0) is 0 Å². The molecule has 1 N–H and O–H groups in total. The number of benzene rings is 2. The number of aliphatic hydroxyl groups is 1. The van der Waals surface area contributed by atoms with Gasteiger partial charge >= 0.3 is 0 Å². The Hall–Kier alpha value is -2.74. The number of halogens is 4. The predicted octanol–water partition coefficient (Wildman–Crippen LogP) is 6.28. The van der Waals surface area contributed by atoms with Crippen LogP contribution in [0.5, 0.6) is 0 Å². The van der Waals surface area contributed by atoms with Gasteiger partial charge in [-0.3, -0.25) is 0 Å². The van der Waals surface area contributed by atoms with Crippen molar-refractivity contribution in [2.24, 2.45) is 0 Å². The van der Waals surface area contributed by atoms with E-state index in [2.05, 4.69) is 10.3 Å². The van der Waals surface area contributed by atoms with E-state index in [0.717, 1.165) is 12.1 Å². The number of aryl methyl sites for hydroxylation is 2. The fourth-order valence-electron chi connectivity index (χ4n) is 3.30. The minimum atomic E-state index is -1.38. The molecule has 0 amide bonds. The lowest BCUT2D eigenvalue weighted by atomic mass is 9.93. The molecule has 0 aliphatic carbocycles. The van der Waals surface area contributed by atoms with E-state index in [-0.39, 0.29) is 55.2 Å². The van der Waals surface area contributed by atoms with Gasteiger partial charge in [-0.25, -0.2) is 8.78 Å². The lowest BCUT2D eigenvalue weighted by Gasteiger charge is -2.13. The summed E-state index contributed by atoms with van der Waals surface area (Å²) in [5, 5.41) is 19.5. The van der Waals surface area contributed by atoms with Gasteiger partial charge < -0.3 is 14.2 Å². The second kappa shape index (κ2) is 7.83. The Morgan fingerprint density at radius 2 is 1.20 bits per heavy atom. The van der Waals surface area contributed by atoms with E-state index in [1.807, 2.05) is 0 Å². The fourth-order valence-corrected chi connectivity index (χ4v) is 3.62. The third kappa shape index (κ3) is 3.49. The lowest BCUT2D eigenvalue weighted by molar-refractivity contribution is 0.216. The first kappa shape index (κ1) is 20.5. The van der Waals surface area contributed by atoms with Crippen molar-refractivity contribution in [2.45, 2.75) is 20.0 Å². The zero-order chi connectivity index (χ0) is 21.6. The van der Waals surface area contributed by atoms with E-state index in [9.17, 15) is 13.9 Å². The minimum absolute atomic E-state index is 0.0947. The number of hydrogen-bond acceptors (Lipinski definition) is 5. The molecule has 0 aliphatic heterocycles. The van der Waals surface area contributed by atoms with Crippen LogP contribution in [0, 0.1) is 25.5 Å². The first-order valence-electron chi connectivity index (χ1n) is 8.79. The summed E-state index contributed by atoms with van der Waals surface area (Å²) in [6, 6.07) is 8.14. The quantitative estimate of drug-likeness (QED) is 0.396. The summed E-state index contributed by atoms with van der Waals surface area (Å²) >= 11 is 11.7. The molecule has 4 aromatic rings. The smallest absolute Gasteiger partial charge is 0.140 e. The molecule has 9 heteroatoms. The number of hydrogen-bond donors (Lipinski definition) is 1. The van der Waals surface area contributed by atoms with E-state index in [1.165, 1.54) is 24.3 Å². The Balaban J connectivity index is 1.87. The molecule has 4 rings (SSSR count). The SMILES string of the molecule is Cc1onc(-c2ccc(Cl)cc2F)c1C(O)c1c(-c2ccc(Cl)cc2F)noc1C. The van der Waals surface area contributed by atoms with Gasteiger partial charge in [0, 0.05) is 21.2 Å². The molecule has 0 atom stereocenters. The Bertz CT molecular complexity index is 1160. The standard InChI is InChI=1S/C21H14Cl2F2N2O3/c1-9-17(19(26-29-9)13-5-3-11(22)7-15(13)24)21(28)18-10(2)30-27-20(18)14-6-4-12(23)8-16(14)25/h3-8,21,28H,1-2H3. The van der Waals surface area contributed by atoms with Crippen LogP contribution in [-0.4, -0.2) is 15.4 Å². The Kier molecular flexibility index (Phi) is 5.36. The molecule has 0 fully saturated rings. The van der Waals surface area contributed by atoms with Gasteiger partial charge in [0.25, 0.3) is 0 Å². The summed E-state index contributed by atoms with van der Waals surface area (Å²) in [7, 11) is 0. The highest BCUT2D eigenvalue weighted by atomic mass is 35.5. The summed E-state index contributed by atoms with van der Waals surface area (Å²) in [6.07, 6.45) is -1.38. The highest BCUT2D eigenvalue weighted by molar-refractivity contribution is 6.31. The van der Waals surface area contributed by atoms with Crippen LogP contribution in [0.2, 0.25) is 10.0 Å². The molecule has 0 radical (unpaired) electrons. The van der Waals surface area contributed by atoms with Crippen molar-refractivity contribution < 1.29 is 22.9 Å². The van der Waals surface area contributed by atoms with Crippen molar-refractivity contribution in [2.75, 3.05) is 0 Å². The van der Waals surface area contributed by atoms with Crippen LogP contribution in [0.1, 0.15) is 28.8 Å². The molecule has 0 saturated carbocycles. The van der Waals surface area contributed by atoms with Crippen molar-refractivity contribution in [3.05, 3.63) is 80.7 Å². The highest BCUT2D eigenvalue weighted by Gasteiger charge is 2.31. The third-order valence-corrected chi connectivity index (χ3v) is 5.21. The van der Waals surface area contributed by atoms with Gasteiger partial charge in [0.2, 0.25) is 0 Å². The van der Waals surface area contributed by atoms with Crippen molar-refractivity contribution in [3.8, 4) is 22.5 Å². The lowest BCUT2D eigenvalue weighted by Crippen LogP contribution is -2.05. The second-order valence-electron chi connectivity index (χ2n) is 6.65. The van der Waals surface area contributed by atoms with E-state index in [0.29, 0.717) is 0 Å². The maximum absolute atomic E-state index is 14.5. The Labute approximate surface area is 179 Å². The molecule has 2 heterocycles. The average Bonchev–Trinajstić information content (AvgIpc) is 3.24. The largest absolute Gasteiger partial charge is 0.383 e. The normalized spacial score (nSPS) is 11.5. The number of aromatic nitrogens is 2. The van der Waals surface area contributed by atoms with E-state index in [4.69, 9.17) is 32.2 Å². The molecule has 2 aromatic carbocycles. The van der Waals surface area contributed by atoms with E-state index in [1.54, 1.807) is 13.8 Å². The highest BCUT2D eigenvalue weighted by Crippen LogP contribution is 2.40. The van der Waals surface area contributed by atoms with Crippen LogP contribution < -0.4 is 0 Å². The molecule has 5 nitrogen and oxygen atoms in total. The topological polar surface area (TPSA) is 72.3 Å². The van der Waals surface area contributed by atoms with E-state index >= 15 is 0 Å². The zero-order valence-electron chi connectivity index (χ0n) is 15.7. The molecule has 0 saturated heterocycles. The Morgan fingerprint density at radius 1 is 0.800 bits per heavy atom. The van der Waals surface area contributed by atoms with E-state index < -0.39 is 17.7 Å². The van der Waals surface area contributed by atoms with Crippen LogP contribution >= 0.6 is 23.2 Å². The molecule has 0 spiro atoms. The van der Waals surface area contributed by atoms with Crippen molar-refractivity contribution in [1.29, 1.82) is 0 Å². The van der Waals surface area contributed by atoms with Gasteiger partial charge in [-0.15, -0.1) is 0 Å². The molecular weight excluding hydrogens is 437 g/mol. The molecular formula is C21H14Cl2F2N2O3. The molecule has 30 heavy (non-hydrogen) atoms. The van der Waals surface area contributed by atoms with Gasteiger partial charge in [-0.1, -0.05) is 33.5 Å². The molecule has 0 unspecified atom stereocenters. The van der Waals surface area contributed by atoms with Crippen LogP contribution in [0.3, 0.4) is 0 Å². The predicted molar refractivity (Wildman–Crippen MR) is 107 cm³/mol. The first-order valence-corrected chi connectivity index (χ1v) is 9.54. The fraction of sp³-hybridized carbons (Fsp3) is 0.143. The van der Waals surface area contributed by atoms with Gasteiger partial charge in [-0.05, 0) is 50.2 Å². The summed E-state index contributed by atoms with van der Waals surface area (Å²) in [5.74, 6) is -0.740. The average molecular weight is 451 g/mol. The number of rotatable bonds is 4. The maximum atomic E-state index is 14.5. The Morgan fingerprint density at radius 3 is 1.57 bits per heavy atom. The zero-order valence-corrected chi connectivity index (χ0v) is 17.2. The van der Waals surface area contributed by atoms with Crippen LogP contribution in [0.15, 0.2) is 45.4 Å². The van der Waals surface area contributed by atoms with Gasteiger partial charge in [0.1, 0.15) is 40.6 Å². The number of nitrogens with zero attached hydrogens (tertiary/aromatic N) is 2. The summed E-state index contributed by atoms with van der Waals surface area (Å²) in [5.41, 5.74) is 0.795. The van der Waals surface area contributed by atoms with Gasteiger partial charge in [-0.2, -0.15) is 0 Å². The third-order valence-electron chi connectivity index (χ3n) is 4.74. The van der Waals surface area contributed by atoms with Gasteiger partial charge in [0.05, 0.1) is 11.1 Å². The van der Waals surface area contributed by atoms with Gasteiger partial charge in [0.15, 0.2) is 0 Å². The van der Waals surface area contributed by atoms with Crippen LogP contribution in [0.4, 0.5) is 8.78 Å². The summed E-state index contributed by atoms with van der Waals surface area (Å²) in [6.45, 7) is 3.16.